The molecule has 4 nitrogen and oxygen atoms in total. The van der Waals surface area contributed by atoms with E-state index in [1.807, 2.05) is 0 Å². The van der Waals surface area contributed by atoms with Crippen molar-refractivity contribution < 1.29 is 4.42 Å². The Morgan fingerprint density at radius 3 is 1.83 bits per heavy atom. The molecule has 8 aromatic carbocycles. The number of fused-ring (bicyclic) bond motifs is 8. The molecular weight excluding hydrogens is 659 g/mol. The van der Waals surface area contributed by atoms with Gasteiger partial charge < -0.3 is 4.42 Å². The Bertz CT molecular complexity index is 3130. The van der Waals surface area contributed by atoms with Gasteiger partial charge >= 0.3 is 0 Å². The highest BCUT2D eigenvalue weighted by Gasteiger charge is 2.38. The van der Waals surface area contributed by atoms with Crippen LogP contribution in [-0.2, 0) is 5.41 Å². The monoisotopic (exact) mass is 691 g/mol. The fourth-order valence-corrected chi connectivity index (χ4v) is 8.75. The van der Waals surface area contributed by atoms with Gasteiger partial charge in [0.1, 0.15) is 11.2 Å². The summed E-state index contributed by atoms with van der Waals surface area (Å²) in [5, 5.41) is 6.86. The highest BCUT2D eigenvalue weighted by molar-refractivity contribution is 6.15. The molecule has 10 aromatic rings. The first-order valence-electron chi connectivity index (χ1n) is 18.4. The molecule has 0 atom stereocenters. The third kappa shape index (κ3) is 4.60. The van der Waals surface area contributed by atoms with Gasteiger partial charge in [-0.1, -0.05) is 159 Å². The highest BCUT2D eigenvalue weighted by atomic mass is 16.3. The number of furan rings is 1. The first kappa shape index (κ1) is 30.7. The maximum absolute atomic E-state index is 6.40. The number of rotatable bonds is 4. The van der Waals surface area contributed by atoms with Gasteiger partial charge in [0.05, 0.1) is 0 Å². The Kier molecular flexibility index (Phi) is 6.56. The van der Waals surface area contributed by atoms with Crippen LogP contribution in [0.25, 0.3) is 99.9 Å². The molecule has 0 bridgehead atoms. The number of benzene rings is 8. The summed E-state index contributed by atoms with van der Waals surface area (Å²) in [6, 6.07) is 57.7. The number of hydrogen-bond acceptors (Lipinski definition) is 4. The zero-order chi connectivity index (χ0) is 36.0. The van der Waals surface area contributed by atoms with Gasteiger partial charge in [-0.05, 0) is 73.1 Å². The van der Waals surface area contributed by atoms with Crippen LogP contribution in [0.5, 0.6) is 0 Å². The SMILES string of the molecule is CC1(C)c2ccccc2-c2cccc(-c3nc(-c4ccc(-c5cccc6oc7cc8ccccc8cc7c56)cc4)nc(-c4cccc5ccccc45)n3)c21. The van der Waals surface area contributed by atoms with Gasteiger partial charge in [-0.15, -0.1) is 0 Å². The minimum Gasteiger partial charge on any atom is -0.456 e. The highest BCUT2D eigenvalue weighted by Crippen LogP contribution is 2.52. The molecule has 0 amide bonds. The average Bonchev–Trinajstić information content (AvgIpc) is 3.70. The molecule has 0 saturated carbocycles. The number of aromatic nitrogens is 3. The maximum Gasteiger partial charge on any atom is 0.164 e. The largest absolute Gasteiger partial charge is 0.456 e. The van der Waals surface area contributed by atoms with E-state index in [-0.39, 0.29) is 5.41 Å². The third-order valence-corrected chi connectivity index (χ3v) is 11.3. The second-order valence-corrected chi connectivity index (χ2v) is 14.8. The molecular formula is C50H33N3O. The van der Waals surface area contributed by atoms with Crippen molar-refractivity contribution in [1.29, 1.82) is 0 Å². The van der Waals surface area contributed by atoms with Gasteiger partial charge in [-0.2, -0.15) is 0 Å². The van der Waals surface area contributed by atoms with Crippen LogP contribution in [0.3, 0.4) is 0 Å². The summed E-state index contributed by atoms with van der Waals surface area (Å²) in [6.07, 6.45) is 0. The van der Waals surface area contributed by atoms with E-state index in [0.717, 1.165) is 60.5 Å². The quantitative estimate of drug-likeness (QED) is 0.184. The zero-order valence-electron chi connectivity index (χ0n) is 29.8. The summed E-state index contributed by atoms with van der Waals surface area (Å²) in [4.78, 5) is 15.7. The van der Waals surface area contributed by atoms with E-state index in [9.17, 15) is 0 Å². The van der Waals surface area contributed by atoms with Gasteiger partial charge in [-0.3, -0.25) is 0 Å². The van der Waals surface area contributed by atoms with Gasteiger partial charge in [0.15, 0.2) is 17.5 Å². The Balaban J connectivity index is 1.09. The second kappa shape index (κ2) is 11.5. The average molecular weight is 692 g/mol. The predicted molar refractivity (Wildman–Crippen MR) is 221 cm³/mol. The molecule has 11 rings (SSSR count). The van der Waals surface area contributed by atoms with Gasteiger partial charge in [0.2, 0.25) is 0 Å². The molecule has 0 unspecified atom stereocenters. The van der Waals surface area contributed by atoms with Crippen molar-refractivity contribution >= 4 is 43.5 Å². The third-order valence-electron chi connectivity index (χ3n) is 11.3. The van der Waals surface area contributed by atoms with E-state index in [0.29, 0.717) is 17.5 Å². The van der Waals surface area contributed by atoms with Crippen LogP contribution in [-0.4, -0.2) is 15.0 Å². The Labute approximate surface area is 312 Å². The molecule has 2 aromatic heterocycles. The van der Waals surface area contributed by atoms with Crippen LogP contribution in [0, 0.1) is 0 Å². The van der Waals surface area contributed by atoms with Crippen LogP contribution in [0.4, 0.5) is 0 Å². The van der Waals surface area contributed by atoms with Crippen LogP contribution in [0.2, 0.25) is 0 Å². The molecule has 254 valence electrons. The minimum absolute atomic E-state index is 0.221. The number of hydrogen-bond donors (Lipinski definition) is 0. The summed E-state index contributed by atoms with van der Waals surface area (Å²) in [5.41, 5.74) is 11.8. The molecule has 0 spiro atoms. The van der Waals surface area contributed by atoms with E-state index in [2.05, 4.69) is 178 Å². The number of nitrogens with zero attached hydrogens (tertiary/aromatic N) is 3. The van der Waals surface area contributed by atoms with E-state index in [4.69, 9.17) is 19.4 Å². The predicted octanol–water partition coefficient (Wildman–Crippen LogP) is 13.1. The molecule has 0 radical (unpaired) electrons. The van der Waals surface area contributed by atoms with Gasteiger partial charge in [-0.25, -0.2) is 15.0 Å². The van der Waals surface area contributed by atoms with Gasteiger partial charge in [0, 0.05) is 32.9 Å². The first-order valence-corrected chi connectivity index (χ1v) is 18.4. The van der Waals surface area contributed by atoms with Crippen molar-refractivity contribution in [3.8, 4) is 56.4 Å². The smallest absolute Gasteiger partial charge is 0.164 e. The molecule has 0 N–H and O–H groups in total. The normalized spacial score (nSPS) is 13.1. The van der Waals surface area contributed by atoms with Crippen molar-refractivity contribution in [2.75, 3.05) is 0 Å². The molecule has 2 heterocycles. The fraction of sp³-hybridized carbons (Fsp3) is 0.0600. The lowest BCUT2D eigenvalue weighted by atomic mass is 9.80. The van der Waals surface area contributed by atoms with Crippen molar-refractivity contribution in [1.82, 2.24) is 15.0 Å². The van der Waals surface area contributed by atoms with Crippen LogP contribution >= 0.6 is 0 Å². The van der Waals surface area contributed by atoms with Crippen molar-refractivity contribution in [2.24, 2.45) is 0 Å². The summed E-state index contributed by atoms with van der Waals surface area (Å²) in [6.45, 7) is 4.61. The van der Waals surface area contributed by atoms with E-state index >= 15 is 0 Å². The van der Waals surface area contributed by atoms with Crippen LogP contribution < -0.4 is 0 Å². The van der Waals surface area contributed by atoms with E-state index < -0.39 is 0 Å². The summed E-state index contributed by atoms with van der Waals surface area (Å²) < 4.78 is 6.40. The van der Waals surface area contributed by atoms with Crippen LogP contribution in [0.1, 0.15) is 25.0 Å². The molecule has 1 aliphatic rings. The summed E-state index contributed by atoms with van der Waals surface area (Å²) in [7, 11) is 0. The second-order valence-electron chi connectivity index (χ2n) is 14.8. The standard InChI is InChI=1S/C50H33N3O/c1-50(2)42-22-8-7-17-37(42)38-19-10-21-40(46(38)50)49-52-47(51-48(53-49)39-20-9-15-30-12-5-6-16-35(30)39)32-26-24-31(25-27-32)36-18-11-23-43-45(36)41-28-33-13-3-4-14-34(33)29-44(41)54-43/h3-29H,1-2H3. The van der Waals surface area contributed by atoms with Crippen molar-refractivity contribution in [3.05, 3.63) is 175 Å². The first-order chi connectivity index (χ1) is 26.5. The Morgan fingerprint density at radius 2 is 0.981 bits per heavy atom. The fourth-order valence-electron chi connectivity index (χ4n) is 8.75. The zero-order valence-corrected chi connectivity index (χ0v) is 29.8. The van der Waals surface area contributed by atoms with Crippen molar-refractivity contribution in [2.45, 2.75) is 19.3 Å². The van der Waals surface area contributed by atoms with Gasteiger partial charge in [0.25, 0.3) is 0 Å². The van der Waals surface area contributed by atoms with Crippen molar-refractivity contribution in [3.63, 3.8) is 0 Å². The summed E-state index contributed by atoms with van der Waals surface area (Å²) in [5.74, 6) is 1.97. The van der Waals surface area contributed by atoms with E-state index in [1.54, 1.807) is 0 Å². The lowest BCUT2D eigenvalue weighted by Gasteiger charge is -2.24. The Morgan fingerprint density at radius 1 is 0.407 bits per heavy atom. The lowest BCUT2D eigenvalue weighted by Crippen LogP contribution is -2.17. The molecule has 54 heavy (non-hydrogen) atoms. The van der Waals surface area contributed by atoms with E-state index in [1.165, 1.54) is 33.0 Å². The molecule has 0 saturated heterocycles. The Hall–Kier alpha value is -6.91. The van der Waals surface area contributed by atoms with Crippen LogP contribution in [0.15, 0.2) is 168 Å². The summed E-state index contributed by atoms with van der Waals surface area (Å²) >= 11 is 0. The minimum atomic E-state index is -0.221. The lowest BCUT2D eigenvalue weighted by molar-refractivity contribution is 0.661. The molecule has 4 heteroatoms. The molecule has 0 aliphatic heterocycles. The molecule has 0 fully saturated rings. The molecule has 1 aliphatic carbocycles. The topological polar surface area (TPSA) is 51.8 Å². The maximum atomic E-state index is 6.40.